The normalized spacial score (nSPS) is 10.2. The molecule has 3 rings (SSSR count). The van der Waals surface area contributed by atoms with E-state index in [0.29, 0.717) is 5.69 Å². The number of hydrogen-bond acceptors (Lipinski definition) is 5. The molecule has 5 N–H and O–H groups in total. The van der Waals surface area contributed by atoms with Crippen molar-refractivity contribution in [3.63, 3.8) is 0 Å². The van der Waals surface area contributed by atoms with Crippen molar-refractivity contribution < 1.29 is 19.8 Å². The van der Waals surface area contributed by atoms with Crippen LogP contribution in [0.15, 0.2) is 59.4 Å². The van der Waals surface area contributed by atoms with Gasteiger partial charge in [-0.2, -0.15) is 0 Å². The Balaban J connectivity index is 1.94. The third kappa shape index (κ3) is 3.93. The zero-order valence-electron chi connectivity index (χ0n) is 13.8. The molecule has 0 saturated carbocycles. The van der Waals surface area contributed by atoms with E-state index in [9.17, 15) is 19.5 Å². The number of aromatic amines is 1. The maximum absolute atomic E-state index is 12.2. The number of nitrogens with zero attached hydrogens (tertiary/aromatic N) is 1. The van der Waals surface area contributed by atoms with Crippen LogP contribution in [-0.2, 0) is 0 Å². The van der Waals surface area contributed by atoms with Gasteiger partial charge in [-0.05, 0) is 24.3 Å². The van der Waals surface area contributed by atoms with Gasteiger partial charge in [0.1, 0.15) is 5.82 Å². The number of para-hydroxylation sites is 2. The van der Waals surface area contributed by atoms with Crippen LogP contribution in [0.3, 0.4) is 0 Å². The number of anilines is 2. The fourth-order valence-corrected chi connectivity index (χ4v) is 2.35. The number of H-pyrrole nitrogens is 1. The SMILES string of the molecule is O=C(Nc1ccccc1)Nc1ccccc1-c1nc(C(=O)O)c(O)c(=O)[nH]1. The first-order chi connectivity index (χ1) is 13.0. The highest BCUT2D eigenvalue weighted by molar-refractivity contribution is 6.02. The summed E-state index contributed by atoms with van der Waals surface area (Å²) in [6.45, 7) is 0. The average Bonchev–Trinajstić information content (AvgIpc) is 2.65. The molecule has 1 heterocycles. The van der Waals surface area contributed by atoms with Crippen LogP contribution >= 0.6 is 0 Å². The zero-order chi connectivity index (χ0) is 19.4. The van der Waals surface area contributed by atoms with Gasteiger partial charge in [0.15, 0.2) is 5.69 Å². The Morgan fingerprint density at radius 3 is 2.33 bits per heavy atom. The van der Waals surface area contributed by atoms with Crippen LogP contribution in [0, 0.1) is 0 Å². The Hall–Kier alpha value is -4.14. The van der Waals surface area contributed by atoms with Crippen molar-refractivity contribution >= 4 is 23.4 Å². The molecule has 0 aliphatic carbocycles. The molecule has 0 aliphatic heterocycles. The van der Waals surface area contributed by atoms with Crippen LogP contribution in [0.1, 0.15) is 10.5 Å². The maximum atomic E-state index is 12.2. The summed E-state index contributed by atoms with van der Waals surface area (Å²) in [7, 11) is 0. The predicted octanol–water partition coefficient (Wildman–Crippen LogP) is 2.48. The van der Waals surface area contributed by atoms with Crippen molar-refractivity contribution in [1.82, 2.24) is 9.97 Å². The van der Waals surface area contributed by atoms with E-state index in [-0.39, 0.29) is 17.1 Å². The molecular weight excluding hydrogens is 352 g/mol. The van der Waals surface area contributed by atoms with Gasteiger partial charge in [0.05, 0.1) is 5.69 Å². The predicted molar refractivity (Wildman–Crippen MR) is 98.0 cm³/mol. The third-order valence-electron chi connectivity index (χ3n) is 3.56. The molecule has 1 aromatic heterocycles. The Kier molecular flexibility index (Phi) is 4.84. The van der Waals surface area contributed by atoms with Crippen LogP contribution < -0.4 is 16.2 Å². The van der Waals surface area contributed by atoms with Crippen LogP contribution in [0.5, 0.6) is 5.75 Å². The van der Waals surface area contributed by atoms with Gasteiger partial charge in [0, 0.05) is 11.3 Å². The number of aromatic carboxylic acids is 1. The number of carboxylic acid groups (broad SMARTS) is 1. The van der Waals surface area contributed by atoms with Crippen molar-refractivity contribution in [3.05, 3.63) is 70.6 Å². The molecule has 2 amide bonds. The van der Waals surface area contributed by atoms with Gasteiger partial charge in [0.25, 0.3) is 5.56 Å². The number of benzene rings is 2. The second kappa shape index (κ2) is 7.40. The van der Waals surface area contributed by atoms with E-state index >= 15 is 0 Å². The van der Waals surface area contributed by atoms with E-state index < -0.39 is 29.0 Å². The summed E-state index contributed by atoms with van der Waals surface area (Å²) in [5, 5.41) is 23.9. The zero-order valence-corrected chi connectivity index (χ0v) is 13.8. The van der Waals surface area contributed by atoms with Crippen molar-refractivity contribution in [2.45, 2.75) is 0 Å². The number of amides is 2. The molecular formula is C18H14N4O5. The molecule has 0 spiro atoms. The largest absolute Gasteiger partial charge is 0.501 e. The maximum Gasteiger partial charge on any atom is 0.358 e. The van der Waals surface area contributed by atoms with Gasteiger partial charge in [-0.1, -0.05) is 30.3 Å². The fourth-order valence-electron chi connectivity index (χ4n) is 2.35. The molecule has 136 valence electrons. The standard InChI is InChI=1S/C18H14N4O5/c23-14-13(17(25)26)21-15(22-16(14)24)11-8-4-5-9-12(11)20-18(27)19-10-6-2-1-3-7-10/h1-9,23H,(H,25,26)(H2,19,20,27)(H,21,22,24). The summed E-state index contributed by atoms with van der Waals surface area (Å²) in [6, 6.07) is 14.6. The van der Waals surface area contributed by atoms with Crippen molar-refractivity contribution in [3.8, 4) is 17.1 Å². The second-order valence-electron chi connectivity index (χ2n) is 5.41. The number of aromatic hydroxyl groups is 1. The number of carboxylic acids is 1. The lowest BCUT2D eigenvalue weighted by Crippen LogP contribution is -2.20. The lowest BCUT2D eigenvalue weighted by molar-refractivity contribution is 0.0686. The summed E-state index contributed by atoms with van der Waals surface area (Å²) in [4.78, 5) is 41.3. The molecule has 0 unspecified atom stereocenters. The molecule has 0 fully saturated rings. The van der Waals surface area contributed by atoms with Crippen LogP contribution in [0.2, 0.25) is 0 Å². The number of aromatic nitrogens is 2. The van der Waals surface area contributed by atoms with Crippen LogP contribution in [0.25, 0.3) is 11.4 Å². The second-order valence-corrected chi connectivity index (χ2v) is 5.41. The minimum absolute atomic E-state index is 0.106. The van der Waals surface area contributed by atoms with Crippen LogP contribution in [-0.4, -0.2) is 32.2 Å². The molecule has 27 heavy (non-hydrogen) atoms. The smallest absolute Gasteiger partial charge is 0.358 e. The third-order valence-corrected chi connectivity index (χ3v) is 3.56. The Morgan fingerprint density at radius 2 is 1.63 bits per heavy atom. The number of carbonyl (C=O) groups is 2. The van der Waals surface area contributed by atoms with Crippen molar-refractivity contribution in [1.29, 1.82) is 0 Å². The fraction of sp³-hybridized carbons (Fsp3) is 0. The number of urea groups is 1. The van der Waals surface area contributed by atoms with Crippen LogP contribution in [0.4, 0.5) is 16.2 Å². The summed E-state index contributed by atoms with van der Waals surface area (Å²) in [5.74, 6) is -2.64. The highest BCUT2D eigenvalue weighted by Crippen LogP contribution is 2.25. The lowest BCUT2D eigenvalue weighted by Gasteiger charge is -2.12. The van der Waals surface area contributed by atoms with E-state index in [1.165, 1.54) is 0 Å². The molecule has 9 nitrogen and oxygen atoms in total. The van der Waals surface area contributed by atoms with Gasteiger partial charge >= 0.3 is 12.0 Å². The Bertz CT molecular complexity index is 1060. The molecule has 2 aromatic carbocycles. The average molecular weight is 366 g/mol. The molecule has 9 heteroatoms. The van der Waals surface area contributed by atoms with Gasteiger partial charge in [-0.15, -0.1) is 0 Å². The highest BCUT2D eigenvalue weighted by atomic mass is 16.4. The topological polar surface area (TPSA) is 144 Å². The molecule has 0 atom stereocenters. The highest BCUT2D eigenvalue weighted by Gasteiger charge is 2.19. The number of carbonyl (C=O) groups excluding carboxylic acids is 1. The summed E-state index contributed by atoms with van der Waals surface area (Å²) in [6.07, 6.45) is 0. The summed E-state index contributed by atoms with van der Waals surface area (Å²) < 4.78 is 0. The Labute approximate surface area is 152 Å². The summed E-state index contributed by atoms with van der Waals surface area (Å²) in [5.41, 5.74) is -0.633. The van der Waals surface area contributed by atoms with E-state index in [0.717, 1.165) is 0 Å². The first kappa shape index (κ1) is 17.7. The van der Waals surface area contributed by atoms with E-state index in [4.69, 9.17) is 5.11 Å². The van der Waals surface area contributed by atoms with Gasteiger partial charge in [0.2, 0.25) is 5.75 Å². The molecule has 0 radical (unpaired) electrons. The minimum Gasteiger partial charge on any atom is -0.501 e. The summed E-state index contributed by atoms with van der Waals surface area (Å²) >= 11 is 0. The Morgan fingerprint density at radius 1 is 0.963 bits per heavy atom. The number of rotatable bonds is 4. The van der Waals surface area contributed by atoms with Crippen molar-refractivity contribution in [2.24, 2.45) is 0 Å². The first-order valence-corrected chi connectivity index (χ1v) is 7.74. The first-order valence-electron chi connectivity index (χ1n) is 7.74. The van der Waals surface area contributed by atoms with Gasteiger partial charge in [-0.3, -0.25) is 4.79 Å². The van der Waals surface area contributed by atoms with Gasteiger partial charge in [-0.25, -0.2) is 14.6 Å². The molecule has 0 aliphatic rings. The number of hydrogen-bond donors (Lipinski definition) is 5. The van der Waals surface area contributed by atoms with Gasteiger partial charge < -0.3 is 25.8 Å². The number of nitrogens with one attached hydrogen (secondary N) is 3. The van der Waals surface area contributed by atoms with E-state index in [1.54, 1.807) is 48.5 Å². The molecule has 0 bridgehead atoms. The lowest BCUT2D eigenvalue weighted by atomic mass is 10.1. The van der Waals surface area contributed by atoms with E-state index in [2.05, 4.69) is 20.6 Å². The van der Waals surface area contributed by atoms with Crippen molar-refractivity contribution in [2.75, 3.05) is 10.6 Å². The minimum atomic E-state index is -1.55. The monoisotopic (exact) mass is 366 g/mol. The molecule has 0 saturated heterocycles. The molecule has 3 aromatic rings. The van der Waals surface area contributed by atoms with E-state index in [1.807, 2.05) is 6.07 Å². The quantitative estimate of drug-likeness (QED) is 0.480.